The summed E-state index contributed by atoms with van der Waals surface area (Å²) in [7, 11) is -3.74. The van der Waals surface area contributed by atoms with Crippen LogP contribution in [0.25, 0.3) is 0 Å². The molecule has 0 saturated heterocycles. The summed E-state index contributed by atoms with van der Waals surface area (Å²) in [6, 6.07) is 8.79. The number of hydrogen-bond donors (Lipinski definition) is 1. The lowest BCUT2D eigenvalue weighted by atomic mass is 10.2. The van der Waals surface area contributed by atoms with Crippen LogP contribution in [0.2, 0.25) is 0 Å². The number of amides is 1. The summed E-state index contributed by atoms with van der Waals surface area (Å²) >= 11 is 0. The maximum atomic E-state index is 13.5. The van der Waals surface area contributed by atoms with Crippen molar-refractivity contribution in [2.24, 2.45) is 0 Å². The van der Waals surface area contributed by atoms with Gasteiger partial charge in [0.1, 0.15) is 5.82 Å². The highest BCUT2D eigenvalue weighted by atomic mass is 32.2. The molecule has 0 aromatic heterocycles. The molecular formula is C18H19F3N2O3S. The first kappa shape index (κ1) is 20.8. The maximum absolute atomic E-state index is 13.5. The van der Waals surface area contributed by atoms with Gasteiger partial charge in [-0.15, -0.1) is 0 Å². The molecule has 27 heavy (non-hydrogen) atoms. The van der Waals surface area contributed by atoms with Crippen LogP contribution in [0.4, 0.5) is 18.9 Å². The fourth-order valence-corrected chi connectivity index (χ4v) is 3.39. The Morgan fingerprint density at radius 1 is 1.04 bits per heavy atom. The van der Waals surface area contributed by atoms with Gasteiger partial charge in [-0.1, -0.05) is 18.2 Å². The number of nitrogens with zero attached hydrogens (tertiary/aromatic N) is 1. The first-order valence-electron chi connectivity index (χ1n) is 8.11. The standard InChI is InChI=1S/C18H19F3N2O3S/c1-27(25,26)23(14-8-9-16(20)17(21)11-14)10-4-7-18(24)22-12-13-5-2-3-6-15(13)19/h2-3,5-6,8-9,11H,4,7,10,12H2,1H3,(H,22,24). The number of carbonyl (C=O) groups is 1. The monoisotopic (exact) mass is 400 g/mol. The van der Waals surface area contributed by atoms with E-state index in [4.69, 9.17) is 0 Å². The lowest BCUT2D eigenvalue weighted by Crippen LogP contribution is -2.32. The predicted molar refractivity (Wildman–Crippen MR) is 96.0 cm³/mol. The van der Waals surface area contributed by atoms with Crippen molar-refractivity contribution < 1.29 is 26.4 Å². The van der Waals surface area contributed by atoms with Crippen LogP contribution in [0.3, 0.4) is 0 Å². The van der Waals surface area contributed by atoms with Gasteiger partial charge in [-0.25, -0.2) is 21.6 Å². The van der Waals surface area contributed by atoms with Gasteiger partial charge in [-0.3, -0.25) is 9.10 Å². The summed E-state index contributed by atoms with van der Waals surface area (Å²) in [5.74, 6) is -3.06. The average molecular weight is 400 g/mol. The molecule has 5 nitrogen and oxygen atoms in total. The number of sulfonamides is 1. The van der Waals surface area contributed by atoms with Gasteiger partial charge in [0.05, 0.1) is 11.9 Å². The molecule has 0 fully saturated rings. The quantitative estimate of drug-likeness (QED) is 0.741. The van der Waals surface area contributed by atoms with Gasteiger partial charge in [0.15, 0.2) is 11.6 Å². The minimum Gasteiger partial charge on any atom is -0.352 e. The molecule has 0 unspecified atom stereocenters. The molecule has 9 heteroatoms. The van der Waals surface area contributed by atoms with E-state index in [9.17, 15) is 26.4 Å². The van der Waals surface area contributed by atoms with E-state index in [0.717, 1.165) is 28.8 Å². The van der Waals surface area contributed by atoms with Gasteiger partial charge in [-0.2, -0.15) is 0 Å². The van der Waals surface area contributed by atoms with Gasteiger partial charge < -0.3 is 5.32 Å². The smallest absolute Gasteiger partial charge is 0.232 e. The number of hydrogen-bond acceptors (Lipinski definition) is 3. The second-order valence-corrected chi connectivity index (χ2v) is 7.81. The molecule has 2 rings (SSSR count). The molecule has 146 valence electrons. The first-order valence-corrected chi connectivity index (χ1v) is 9.96. The molecule has 0 spiro atoms. The third-order valence-electron chi connectivity index (χ3n) is 3.79. The summed E-state index contributed by atoms with van der Waals surface area (Å²) in [6.45, 7) is -0.0680. The Hall–Kier alpha value is -2.55. The molecule has 0 atom stereocenters. The largest absolute Gasteiger partial charge is 0.352 e. The van der Waals surface area contributed by atoms with Crippen molar-refractivity contribution >= 4 is 21.6 Å². The fourth-order valence-electron chi connectivity index (χ4n) is 2.43. The van der Waals surface area contributed by atoms with Crippen LogP contribution in [0.15, 0.2) is 42.5 Å². The molecular weight excluding hydrogens is 381 g/mol. The molecule has 2 aromatic carbocycles. The predicted octanol–water partition coefficient (Wildman–Crippen LogP) is 2.97. The van der Waals surface area contributed by atoms with Crippen molar-refractivity contribution in [3.63, 3.8) is 0 Å². The topological polar surface area (TPSA) is 66.5 Å². The Morgan fingerprint density at radius 2 is 1.74 bits per heavy atom. The normalized spacial score (nSPS) is 11.3. The van der Waals surface area contributed by atoms with Crippen LogP contribution in [0, 0.1) is 17.5 Å². The van der Waals surface area contributed by atoms with E-state index in [1.807, 2.05) is 0 Å². The summed E-state index contributed by atoms with van der Waals surface area (Å²) in [4.78, 5) is 11.9. The Kier molecular flexibility index (Phi) is 6.84. The molecule has 0 heterocycles. The van der Waals surface area contributed by atoms with Crippen LogP contribution in [0.1, 0.15) is 18.4 Å². The first-order chi connectivity index (χ1) is 12.7. The van der Waals surface area contributed by atoms with Crippen molar-refractivity contribution in [2.45, 2.75) is 19.4 Å². The molecule has 1 N–H and O–H groups in total. The van der Waals surface area contributed by atoms with Crippen LogP contribution in [-0.2, 0) is 21.4 Å². The van der Waals surface area contributed by atoms with Crippen molar-refractivity contribution in [2.75, 3.05) is 17.1 Å². The summed E-state index contributed by atoms with van der Waals surface area (Å²) in [5, 5.41) is 2.55. The SMILES string of the molecule is CS(=O)(=O)N(CCCC(=O)NCc1ccccc1F)c1ccc(F)c(F)c1. The zero-order valence-electron chi connectivity index (χ0n) is 14.6. The van der Waals surface area contributed by atoms with Gasteiger partial charge in [0.2, 0.25) is 15.9 Å². The van der Waals surface area contributed by atoms with E-state index in [1.165, 1.54) is 6.07 Å². The zero-order chi connectivity index (χ0) is 20.0. The number of halogens is 3. The highest BCUT2D eigenvalue weighted by Gasteiger charge is 2.19. The highest BCUT2D eigenvalue weighted by molar-refractivity contribution is 7.92. The second-order valence-electron chi connectivity index (χ2n) is 5.91. The minimum atomic E-state index is -3.74. The van der Waals surface area contributed by atoms with E-state index >= 15 is 0 Å². The lowest BCUT2D eigenvalue weighted by Gasteiger charge is -2.22. The van der Waals surface area contributed by atoms with E-state index in [-0.39, 0.29) is 37.5 Å². The number of nitrogens with one attached hydrogen (secondary N) is 1. The molecule has 0 saturated carbocycles. The molecule has 0 aliphatic heterocycles. The second kappa shape index (κ2) is 8.90. The van der Waals surface area contributed by atoms with Crippen LogP contribution >= 0.6 is 0 Å². The average Bonchev–Trinajstić information content (AvgIpc) is 2.59. The van der Waals surface area contributed by atoms with Crippen LogP contribution in [0.5, 0.6) is 0 Å². The third-order valence-corrected chi connectivity index (χ3v) is 4.98. The summed E-state index contributed by atoms with van der Waals surface area (Å²) in [6.07, 6.45) is 1.08. The Morgan fingerprint density at radius 3 is 2.37 bits per heavy atom. The number of benzene rings is 2. The van der Waals surface area contributed by atoms with Gasteiger partial charge in [-0.05, 0) is 24.6 Å². The van der Waals surface area contributed by atoms with E-state index in [1.54, 1.807) is 18.2 Å². The molecule has 2 aromatic rings. The minimum absolute atomic E-state index is 0.00977. The summed E-state index contributed by atoms with van der Waals surface area (Å²) < 4.78 is 64.7. The van der Waals surface area contributed by atoms with Crippen molar-refractivity contribution in [3.05, 3.63) is 65.5 Å². The molecule has 0 aliphatic carbocycles. The lowest BCUT2D eigenvalue weighted by molar-refractivity contribution is -0.121. The molecule has 0 bridgehead atoms. The van der Waals surface area contributed by atoms with Crippen LogP contribution in [-0.4, -0.2) is 27.1 Å². The van der Waals surface area contributed by atoms with Crippen molar-refractivity contribution in [1.82, 2.24) is 5.32 Å². The van der Waals surface area contributed by atoms with E-state index < -0.39 is 27.5 Å². The van der Waals surface area contributed by atoms with E-state index in [2.05, 4.69) is 5.32 Å². The van der Waals surface area contributed by atoms with Gasteiger partial charge in [0, 0.05) is 31.1 Å². The summed E-state index contributed by atoms with van der Waals surface area (Å²) in [5.41, 5.74) is 0.313. The Bertz CT molecular complexity index is 920. The maximum Gasteiger partial charge on any atom is 0.232 e. The Balaban J connectivity index is 1.92. The molecule has 0 radical (unpaired) electrons. The zero-order valence-corrected chi connectivity index (χ0v) is 15.4. The van der Waals surface area contributed by atoms with Crippen molar-refractivity contribution in [3.8, 4) is 0 Å². The molecule has 0 aliphatic rings. The number of anilines is 1. The molecule has 1 amide bonds. The highest BCUT2D eigenvalue weighted by Crippen LogP contribution is 2.21. The van der Waals surface area contributed by atoms with Crippen molar-refractivity contribution in [1.29, 1.82) is 0 Å². The van der Waals surface area contributed by atoms with Crippen LogP contribution < -0.4 is 9.62 Å². The van der Waals surface area contributed by atoms with Gasteiger partial charge in [0.25, 0.3) is 0 Å². The fraction of sp³-hybridized carbons (Fsp3) is 0.278. The van der Waals surface area contributed by atoms with E-state index in [0.29, 0.717) is 5.56 Å². The Labute approximate surface area is 155 Å². The number of rotatable bonds is 8. The third kappa shape index (κ3) is 5.99. The number of carbonyl (C=O) groups excluding carboxylic acids is 1. The van der Waals surface area contributed by atoms with Gasteiger partial charge >= 0.3 is 0 Å².